The number of carbonyl (C=O) groups is 2. The third kappa shape index (κ3) is 7.40. The molecule has 1 atom stereocenters. The predicted molar refractivity (Wildman–Crippen MR) is 156 cm³/mol. The third-order valence-corrected chi connectivity index (χ3v) is 8.71. The van der Waals surface area contributed by atoms with Gasteiger partial charge < -0.3 is 10.2 Å². The van der Waals surface area contributed by atoms with Gasteiger partial charge in [-0.05, 0) is 68.1 Å². The summed E-state index contributed by atoms with van der Waals surface area (Å²) in [5.74, 6) is -0.615. The Kier molecular flexibility index (Phi) is 10.2. The van der Waals surface area contributed by atoms with Crippen molar-refractivity contribution in [1.82, 2.24) is 10.2 Å². The summed E-state index contributed by atoms with van der Waals surface area (Å²) in [5.41, 5.74) is 2.97. The predicted octanol–water partition coefficient (Wildman–Crippen LogP) is 5.52. The molecule has 3 rings (SSSR count). The van der Waals surface area contributed by atoms with E-state index in [1.807, 2.05) is 19.1 Å². The molecule has 208 valence electrons. The first-order chi connectivity index (χ1) is 18.4. The standard InChI is InChI=1S/C30H36ClN3O4S/c1-6-32-30(36)23(5)33(19-25-9-7-8-10-28(25)31)29(35)20-34(26-15-13-24(14-16-26)21(2)3)39(37,38)27-17-11-22(4)12-18-27/h7-18,21,23H,6,19-20H2,1-5H3,(H,32,36)/t23-/m1/s1. The van der Waals surface area contributed by atoms with Crippen LogP contribution in [0.25, 0.3) is 0 Å². The molecule has 0 bridgehead atoms. The molecular weight excluding hydrogens is 534 g/mol. The van der Waals surface area contributed by atoms with Crippen LogP contribution >= 0.6 is 11.6 Å². The molecular formula is C30H36ClN3O4S. The third-order valence-electron chi connectivity index (χ3n) is 6.55. The fraction of sp³-hybridized carbons (Fsp3) is 0.333. The van der Waals surface area contributed by atoms with Crippen LogP contribution in [0.2, 0.25) is 5.02 Å². The molecule has 3 aromatic carbocycles. The van der Waals surface area contributed by atoms with Crippen molar-refractivity contribution in [3.63, 3.8) is 0 Å². The highest BCUT2D eigenvalue weighted by molar-refractivity contribution is 7.92. The van der Waals surface area contributed by atoms with Gasteiger partial charge in [-0.2, -0.15) is 0 Å². The van der Waals surface area contributed by atoms with Crippen molar-refractivity contribution in [2.24, 2.45) is 0 Å². The average molecular weight is 570 g/mol. The summed E-state index contributed by atoms with van der Waals surface area (Å²) in [4.78, 5) is 28.1. The number of anilines is 1. The summed E-state index contributed by atoms with van der Waals surface area (Å²) in [6.45, 7) is 9.33. The zero-order valence-electron chi connectivity index (χ0n) is 23.0. The molecule has 0 fully saturated rings. The van der Waals surface area contributed by atoms with Crippen LogP contribution in [0, 0.1) is 6.92 Å². The molecule has 0 aromatic heterocycles. The summed E-state index contributed by atoms with van der Waals surface area (Å²) in [6.07, 6.45) is 0. The molecule has 0 unspecified atom stereocenters. The Hall–Kier alpha value is -3.36. The minimum absolute atomic E-state index is 0.0432. The number of halogens is 1. The van der Waals surface area contributed by atoms with Crippen molar-refractivity contribution in [2.75, 3.05) is 17.4 Å². The molecule has 0 radical (unpaired) electrons. The Bertz CT molecular complexity index is 1390. The Morgan fingerprint density at radius 1 is 0.923 bits per heavy atom. The van der Waals surface area contributed by atoms with Crippen molar-refractivity contribution in [3.05, 3.63) is 94.5 Å². The molecule has 0 heterocycles. The molecule has 1 N–H and O–H groups in total. The fourth-order valence-corrected chi connectivity index (χ4v) is 5.72. The van der Waals surface area contributed by atoms with Crippen LogP contribution < -0.4 is 9.62 Å². The first-order valence-electron chi connectivity index (χ1n) is 13.0. The number of aryl methyl sites for hydroxylation is 1. The van der Waals surface area contributed by atoms with Gasteiger partial charge in [-0.25, -0.2) is 8.42 Å². The highest BCUT2D eigenvalue weighted by atomic mass is 35.5. The molecule has 0 saturated carbocycles. The fourth-order valence-electron chi connectivity index (χ4n) is 4.11. The van der Waals surface area contributed by atoms with Gasteiger partial charge in [-0.3, -0.25) is 13.9 Å². The van der Waals surface area contributed by atoms with Gasteiger partial charge in [0.1, 0.15) is 12.6 Å². The maximum Gasteiger partial charge on any atom is 0.264 e. The van der Waals surface area contributed by atoms with E-state index in [0.717, 1.165) is 15.4 Å². The van der Waals surface area contributed by atoms with Crippen molar-refractivity contribution in [3.8, 4) is 0 Å². The molecule has 7 nitrogen and oxygen atoms in total. The van der Waals surface area contributed by atoms with Gasteiger partial charge in [-0.15, -0.1) is 0 Å². The number of nitrogens with zero attached hydrogens (tertiary/aromatic N) is 2. The van der Waals surface area contributed by atoms with E-state index >= 15 is 0 Å². The summed E-state index contributed by atoms with van der Waals surface area (Å²) in [5, 5.41) is 3.20. The quantitative estimate of drug-likeness (QED) is 0.329. The van der Waals surface area contributed by atoms with E-state index < -0.39 is 28.5 Å². The number of nitrogens with one attached hydrogen (secondary N) is 1. The van der Waals surface area contributed by atoms with Gasteiger partial charge in [0.05, 0.1) is 10.6 Å². The van der Waals surface area contributed by atoms with E-state index in [0.29, 0.717) is 22.8 Å². The first-order valence-corrected chi connectivity index (χ1v) is 14.8. The second kappa shape index (κ2) is 13.1. The lowest BCUT2D eigenvalue weighted by Crippen LogP contribution is -2.51. The van der Waals surface area contributed by atoms with Crippen LogP contribution in [-0.4, -0.2) is 44.3 Å². The molecule has 0 aliphatic carbocycles. The van der Waals surface area contributed by atoms with E-state index in [1.54, 1.807) is 62.4 Å². The van der Waals surface area contributed by atoms with Gasteiger partial charge in [0.2, 0.25) is 11.8 Å². The van der Waals surface area contributed by atoms with E-state index in [1.165, 1.54) is 17.0 Å². The van der Waals surface area contributed by atoms with Gasteiger partial charge in [0.25, 0.3) is 10.0 Å². The number of hydrogen-bond donors (Lipinski definition) is 1. The van der Waals surface area contributed by atoms with Gasteiger partial charge >= 0.3 is 0 Å². The highest BCUT2D eigenvalue weighted by Crippen LogP contribution is 2.27. The van der Waals surface area contributed by atoms with Crippen molar-refractivity contribution < 1.29 is 18.0 Å². The second-order valence-corrected chi connectivity index (χ2v) is 12.0. The topological polar surface area (TPSA) is 86.8 Å². The molecule has 0 saturated heterocycles. The Labute approximate surface area is 236 Å². The van der Waals surface area contributed by atoms with Crippen LogP contribution in [0.4, 0.5) is 5.69 Å². The molecule has 9 heteroatoms. The van der Waals surface area contributed by atoms with Crippen LogP contribution in [0.15, 0.2) is 77.7 Å². The van der Waals surface area contributed by atoms with Crippen LogP contribution in [-0.2, 0) is 26.2 Å². The van der Waals surface area contributed by atoms with Crippen molar-refractivity contribution in [1.29, 1.82) is 0 Å². The van der Waals surface area contributed by atoms with Crippen LogP contribution in [0.5, 0.6) is 0 Å². The minimum Gasteiger partial charge on any atom is -0.355 e. The summed E-state index contributed by atoms with van der Waals surface area (Å²) >= 11 is 6.38. The lowest BCUT2D eigenvalue weighted by molar-refractivity contribution is -0.139. The first kappa shape index (κ1) is 30.2. The molecule has 3 aromatic rings. The number of hydrogen-bond acceptors (Lipinski definition) is 4. The van der Waals surface area contributed by atoms with Crippen LogP contribution in [0.3, 0.4) is 0 Å². The monoisotopic (exact) mass is 569 g/mol. The molecule has 0 spiro atoms. The lowest BCUT2D eigenvalue weighted by atomic mass is 10.0. The summed E-state index contributed by atoms with van der Waals surface area (Å²) < 4.78 is 28.9. The van der Waals surface area contributed by atoms with Crippen LogP contribution in [0.1, 0.15) is 50.3 Å². The normalized spacial score (nSPS) is 12.2. The Morgan fingerprint density at radius 2 is 1.54 bits per heavy atom. The second-order valence-electron chi connectivity index (χ2n) is 9.75. The summed E-state index contributed by atoms with van der Waals surface area (Å²) in [7, 11) is -4.11. The maximum absolute atomic E-state index is 13.9. The molecule has 2 amide bonds. The number of benzene rings is 3. The largest absolute Gasteiger partial charge is 0.355 e. The van der Waals surface area contributed by atoms with Crippen molar-refractivity contribution in [2.45, 2.75) is 58.0 Å². The number of rotatable bonds is 11. The zero-order chi connectivity index (χ0) is 28.7. The average Bonchev–Trinajstić information content (AvgIpc) is 2.91. The van der Waals surface area contributed by atoms with Crippen molar-refractivity contribution >= 4 is 39.1 Å². The minimum atomic E-state index is -4.11. The lowest BCUT2D eigenvalue weighted by Gasteiger charge is -2.32. The molecule has 0 aliphatic rings. The molecule has 39 heavy (non-hydrogen) atoms. The number of carbonyl (C=O) groups excluding carboxylic acids is 2. The number of likely N-dealkylation sites (N-methyl/N-ethyl adjacent to an activating group) is 1. The van der Waals surface area contributed by atoms with E-state index in [4.69, 9.17) is 11.6 Å². The Morgan fingerprint density at radius 3 is 2.10 bits per heavy atom. The zero-order valence-corrected chi connectivity index (χ0v) is 24.6. The maximum atomic E-state index is 13.9. The SMILES string of the molecule is CCNC(=O)[C@@H](C)N(Cc1ccccc1Cl)C(=O)CN(c1ccc(C(C)C)cc1)S(=O)(=O)c1ccc(C)cc1. The van der Waals surface area contributed by atoms with E-state index in [-0.39, 0.29) is 23.3 Å². The van der Waals surface area contributed by atoms with E-state index in [9.17, 15) is 18.0 Å². The smallest absolute Gasteiger partial charge is 0.264 e. The highest BCUT2D eigenvalue weighted by Gasteiger charge is 2.32. The van der Waals surface area contributed by atoms with Gasteiger partial charge in [0, 0.05) is 18.1 Å². The number of amides is 2. The van der Waals surface area contributed by atoms with Gasteiger partial charge in [0.15, 0.2) is 0 Å². The van der Waals surface area contributed by atoms with E-state index in [2.05, 4.69) is 19.2 Å². The number of sulfonamides is 1. The van der Waals surface area contributed by atoms with Gasteiger partial charge in [-0.1, -0.05) is 73.5 Å². The summed E-state index contributed by atoms with van der Waals surface area (Å²) in [6, 6.07) is 19.8. The Balaban J connectivity index is 2.05. The molecule has 0 aliphatic heterocycles.